The first kappa shape index (κ1) is 35.0. The van der Waals surface area contributed by atoms with Crippen LogP contribution in [0.4, 0.5) is 0 Å². The van der Waals surface area contributed by atoms with Crippen LogP contribution in [0, 0.1) is 29.1 Å². The number of carbonyl (C=O) groups excluding carboxylic acids is 1. The van der Waals surface area contributed by atoms with Crippen LogP contribution in [0.1, 0.15) is 86.7 Å². The molecule has 3 aliphatic carbocycles. The molecule has 0 saturated heterocycles. The number of carboxylic acids is 1. The molecule has 3 fully saturated rings. The Morgan fingerprint density at radius 1 is 1.04 bits per heavy atom. The number of imidazole rings is 1. The molecule has 0 aliphatic heterocycles. The number of amides is 1. The number of carboxylic acid groups (broad SMARTS) is 1. The molecule has 0 radical (unpaired) electrons. The number of ether oxygens (including phenoxy) is 1. The van der Waals surface area contributed by atoms with Gasteiger partial charge in [0.15, 0.2) is 0 Å². The van der Waals surface area contributed by atoms with Gasteiger partial charge in [-0.2, -0.15) is 0 Å². The van der Waals surface area contributed by atoms with Crippen molar-refractivity contribution in [1.82, 2.24) is 14.9 Å². The first-order chi connectivity index (χ1) is 23.4. The maximum absolute atomic E-state index is 14.1. The van der Waals surface area contributed by atoms with Crippen molar-refractivity contribution in [2.45, 2.75) is 79.0 Å². The first-order valence-corrected chi connectivity index (χ1v) is 18.1. The molecule has 3 aromatic carbocycles. The van der Waals surface area contributed by atoms with Crippen LogP contribution in [0.15, 0.2) is 72.9 Å². The van der Waals surface area contributed by atoms with Gasteiger partial charge in [0, 0.05) is 29.2 Å². The van der Waals surface area contributed by atoms with Crippen LogP contribution < -0.4 is 10.1 Å². The van der Waals surface area contributed by atoms with Crippen molar-refractivity contribution in [1.29, 1.82) is 0 Å². The Balaban J connectivity index is 1.26. The van der Waals surface area contributed by atoms with Crippen molar-refractivity contribution < 1.29 is 19.4 Å². The third kappa shape index (κ3) is 7.53. The molecule has 9 heteroatoms. The molecule has 7 nitrogen and oxygen atoms in total. The van der Waals surface area contributed by atoms with Crippen LogP contribution in [0.5, 0.6) is 5.75 Å². The van der Waals surface area contributed by atoms with Crippen molar-refractivity contribution in [2.24, 2.45) is 29.1 Å². The third-order valence-corrected chi connectivity index (χ3v) is 11.6. The standard InChI is InChI=1S/C40H45Cl2N3O4/c1-5-6-17-45-22-36(31-16-13-29(41)21-34(31)42)43-37(45)35(44-38(46)32-19-28-20-33(24(32)2)40(28,3)4)18-25-9-14-30(15-10-25)49-23-26-7-11-27(12-8-26)39(47)48/h7-16,21-22,24,28,32-33,35H,5-6,17-20,23H2,1-4H3,(H,44,46)(H,47,48)/t24?,28?,32?,33?,35-/m0/s1. The maximum Gasteiger partial charge on any atom is 0.335 e. The molecule has 49 heavy (non-hydrogen) atoms. The Bertz CT molecular complexity index is 1800. The lowest BCUT2D eigenvalue weighted by atomic mass is 9.43. The quantitative estimate of drug-likeness (QED) is 0.145. The molecule has 4 unspecified atom stereocenters. The van der Waals surface area contributed by atoms with E-state index < -0.39 is 5.97 Å². The van der Waals surface area contributed by atoms with Gasteiger partial charge in [-0.15, -0.1) is 0 Å². The molecule has 5 atom stereocenters. The Morgan fingerprint density at radius 3 is 2.39 bits per heavy atom. The number of hydrogen-bond donors (Lipinski definition) is 2. The second-order valence-corrected chi connectivity index (χ2v) is 15.3. The third-order valence-electron chi connectivity index (χ3n) is 11.1. The zero-order valence-electron chi connectivity index (χ0n) is 28.6. The number of fused-ring (bicyclic) bond motifs is 2. The lowest BCUT2D eigenvalue weighted by molar-refractivity contribution is -0.154. The van der Waals surface area contributed by atoms with Crippen molar-refractivity contribution in [3.8, 4) is 17.0 Å². The van der Waals surface area contributed by atoms with Gasteiger partial charge in [-0.1, -0.05) is 81.6 Å². The Morgan fingerprint density at radius 2 is 1.76 bits per heavy atom. The molecule has 1 amide bonds. The summed E-state index contributed by atoms with van der Waals surface area (Å²) in [5.41, 5.74) is 4.01. The SMILES string of the molecule is CCCCn1cc(-c2ccc(Cl)cc2Cl)nc1[C@H](Cc1ccc(OCc2ccc(C(=O)O)cc2)cc1)NC(=O)C1CC2CC(C1C)C2(C)C. The number of aromatic nitrogens is 2. The minimum atomic E-state index is -0.954. The summed E-state index contributed by atoms with van der Waals surface area (Å²) in [6, 6.07) is 19.7. The van der Waals surface area contributed by atoms with E-state index in [0.717, 1.165) is 54.0 Å². The lowest BCUT2D eigenvalue weighted by Crippen LogP contribution is -2.57. The minimum Gasteiger partial charge on any atom is -0.489 e. The normalized spacial score (nSPS) is 21.4. The summed E-state index contributed by atoms with van der Waals surface area (Å²) in [6.07, 6.45) is 6.73. The van der Waals surface area contributed by atoms with Gasteiger partial charge in [-0.3, -0.25) is 4.79 Å². The molecule has 2 N–H and O–H groups in total. The highest BCUT2D eigenvalue weighted by atomic mass is 35.5. The largest absolute Gasteiger partial charge is 0.489 e. The van der Waals surface area contributed by atoms with Crippen LogP contribution in [0.3, 0.4) is 0 Å². The molecule has 0 spiro atoms. The molecule has 1 heterocycles. The molecular weight excluding hydrogens is 657 g/mol. The summed E-state index contributed by atoms with van der Waals surface area (Å²) < 4.78 is 8.18. The molecule has 4 aromatic rings. The molecule has 7 rings (SSSR count). The van der Waals surface area contributed by atoms with Crippen molar-refractivity contribution in [2.75, 3.05) is 0 Å². The second kappa shape index (κ2) is 14.6. The fourth-order valence-corrected chi connectivity index (χ4v) is 8.40. The summed E-state index contributed by atoms with van der Waals surface area (Å²) in [4.78, 5) is 30.5. The van der Waals surface area contributed by atoms with E-state index in [4.69, 9.17) is 38.0 Å². The Hall–Kier alpha value is -3.81. The highest BCUT2D eigenvalue weighted by Crippen LogP contribution is 2.63. The summed E-state index contributed by atoms with van der Waals surface area (Å²) in [5, 5.41) is 13.7. The molecule has 3 saturated carbocycles. The smallest absolute Gasteiger partial charge is 0.335 e. The summed E-state index contributed by atoms with van der Waals surface area (Å²) >= 11 is 12.9. The summed E-state index contributed by atoms with van der Waals surface area (Å²) in [5.74, 6) is 2.10. The van der Waals surface area contributed by atoms with Crippen molar-refractivity contribution >= 4 is 35.1 Å². The van der Waals surface area contributed by atoms with Crippen LogP contribution in [-0.4, -0.2) is 26.5 Å². The molecule has 1 aromatic heterocycles. The van der Waals surface area contributed by atoms with Crippen molar-refractivity contribution in [3.05, 3.63) is 105 Å². The number of halogens is 2. The number of unbranched alkanes of at least 4 members (excludes halogenated alkanes) is 1. The first-order valence-electron chi connectivity index (χ1n) is 17.3. The van der Waals surface area contributed by atoms with Gasteiger partial charge in [0.05, 0.1) is 22.3 Å². The number of rotatable bonds is 13. The van der Waals surface area contributed by atoms with E-state index in [-0.39, 0.29) is 23.4 Å². The van der Waals surface area contributed by atoms with E-state index in [0.29, 0.717) is 52.0 Å². The number of aromatic carboxylic acids is 1. The summed E-state index contributed by atoms with van der Waals surface area (Å²) in [6.45, 7) is 10.2. The average molecular weight is 703 g/mol. The second-order valence-electron chi connectivity index (χ2n) is 14.4. The highest BCUT2D eigenvalue weighted by Gasteiger charge is 2.57. The van der Waals surface area contributed by atoms with Crippen LogP contribution in [-0.2, 0) is 24.4 Å². The monoisotopic (exact) mass is 701 g/mol. The number of benzene rings is 3. The topological polar surface area (TPSA) is 93.5 Å². The van der Waals surface area contributed by atoms with E-state index in [9.17, 15) is 9.59 Å². The summed E-state index contributed by atoms with van der Waals surface area (Å²) in [7, 11) is 0. The lowest BCUT2D eigenvalue weighted by Gasteiger charge is -2.61. The van der Waals surface area contributed by atoms with Gasteiger partial charge in [-0.25, -0.2) is 9.78 Å². The number of hydrogen-bond acceptors (Lipinski definition) is 4. The van der Waals surface area contributed by atoms with Crippen LogP contribution in [0.25, 0.3) is 11.3 Å². The molecule has 3 aliphatic rings. The average Bonchev–Trinajstić information content (AvgIpc) is 3.50. The van der Waals surface area contributed by atoms with Gasteiger partial charge >= 0.3 is 5.97 Å². The van der Waals surface area contributed by atoms with Gasteiger partial charge < -0.3 is 19.7 Å². The van der Waals surface area contributed by atoms with E-state index in [2.05, 4.69) is 37.6 Å². The fraction of sp³-hybridized carbons (Fsp3) is 0.425. The fourth-order valence-electron chi connectivity index (χ4n) is 7.89. The minimum absolute atomic E-state index is 0.0242. The van der Waals surface area contributed by atoms with Crippen molar-refractivity contribution in [3.63, 3.8) is 0 Å². The number of nitrogens with zero attached hydrogens (tertiary/aromatic N) is 2. The van der Waals surface area contributed by atoms with Gasteiger partial charge in [-0.05, 0) is 102 Å². The van der Waals surface area contributed by atoms with E-state index in [1.807, 2.05) is 42.6 Å². The highest BCUT2D eigenvalue weighted by molar-refractivity contribution is 6.36. The Kier molecular flexibility index (Phi) is 10.4. The Labute approximate surface area is 299 Å². The van der Waals surface area contributed by atoms with Crippen LogP contribution >= 0.6 is 23.2 Å². The maximum atomic E-state index is 14.1. The van der Waals surface area contributed by atoms with E-state index in [1.165, 1.54) is 6.42 Å². The number of nitrogens with one attached hydrogen (secondary N) is 1. The number of carbonyl (C=O) groups is 2. The predicted octanol–water partition coefficient (Wildman–Crippen LogP) is 9.65. The predicted molar refractivity (Wildman–Crippen MR) is 194 cm³/mol. The van der Waals surface area contributed by atoms with Gasteiger partial charge in [0.1, 0.15) is 18.2 Å². The molecule has 258 valence electrons. The molecule has 2 bridgehead atoms. The zero-order chi connectivity index (χ0) is 34.9. The molecular formula is C40H45Cl2N3O4. The van der Waals surface area contributed by atoms with E-state index in [1.54, 1.807) is 30.3 Å². The van der Waals surface area contributed by atoms with E-state index >= 15 is 0 Å². The van der Waals surface area contributed by atoms with Gasteiger partial charge in [0.2, 0.25) is 5.91 Å². The van der Waals surface area contributed by atoms with Gasteiger partial charge in [0.25, 0.3) is 0 Å². The van der Waals surface area contributed by atoms with Crippen LogP contribution in [0.2, 0.25) is 10.0 Å². The zero-order valence-corrected chi connectivity index (χ0v) is 30.1. The number of aryl methyl sites for hydroxylation is 1.